The van der Waals surface area contributed by atoms with E-state index in [0.717, 1.165) is 11.3 Å². The number of hydrogen-bond acceptors (Lipinski definition) is 5. The van der Waals surface area contributed by atoms with Crippen LogP contribution in [-0.4, -0.2) is 58.0 Å². The summed E-state index contributed by atoms with van der Waals surface area (Å²) < 4.78 is 13.2. The van der Waals surface area contributed by atoms with Gasteiger partial charge in [-0.15, -0.1) is 0 Å². The zero-order valence-corrected chi connectivity index (χ0v) is 16.1. The Labute approximate surface area is 157 Å². The van der Waals surface area contributed by atoms with Gasteiger partial charge in [-0.1, -0.05) is 0 Å². The normalized spacial score (nSPS) is 20.2. The molecule has 2 heterocycles. The molecule has 0 saturated carbocycles. The molecule has 0 spiro atoms. The molecule has 1 saturated heterocycles. The summed E-state index contributed by atoms with van der Waals surface area (Å²) in [6.07, 6.45) is 0.440. The Morgan fingerprint density at radius 2 is 2.12 bits per heavy atom. The molecule has 140 valence electrons. The molecule has 2 aromatic rings. The number of H-pyrrole nitrogens is 1. The van der Waals surface area contributed by atoms with E-state index in [-0.39, 0.29) is 18.1 Å². The van der Waals surface area contributed by atoms with Gasteiger partial charge in [-0.25, -0.2) is 0 Å². The van der Waals surface area contributed by atoms with Gasteiger partial charge in [0, 0.05) is 25.1 Å². The summed E-state index contributed by atoms with van der Waals surface area (Å²) in [7, 11) is 1.63. The number of methoxy groups -OCH3 is 1. The Kier molecular flexibility index (Phi) is 5.73. The number of morpholine rings is 1. The second-order valence-corrected chi connectivity index (χ2v) is 6.91. The van der Waals surface area contributed by atoms with Gasteiger partial charge in [0.15, 0.2) is 10.6 Å². The van der Waals surface area contributed by atoms with E-state index in [4.69, 9.17) is 21.7 Å². The van der Waals surface area contributed by atoms with E-state index in [9.17, 15) is 4.79 Å². The van der Waals surface area contributed by atoms with Gasteiger partial charge in [0.25, 0.3) is 0 Å². The lowest BCUT2D eigenvalue weighted by atomic mass is 10.2. The molecular formula is C18H24N4O3S. The van der Waals surface area contributed by atoms with Crippen LogP contribution in [0.15, 0.2) is 24.3 Å². The first kappa shape index (κ1) is 18.6. The highest BCUT2D eigenvalue weighted by atomic mass is 32.1. The lowest BCUT2D eigenvalue weighted by Crippen LogP contribution is -2.50. The molecule has 0 radical (unpaired) electrons. The van der Waals surface area contributed by atoms with Crippen LogP contribution in [0.5, 0.6) is 5.75 Å². The van der Waals surface area contributed by atoms with Crippen LogP contribution in [0.4, 0.5) is 0 Å². The number of aromatic amines is 1. The van der Waals surface area contributed by atoms with Gasteiger partial charge in [-0.2, -0.15) is 5.10 Å². The van der Waals surface area contributed by atoms with E-state index in [1.165, 1.54) is 0 Å². The molecule has 0 bridgehead atoms. The monoisotopic (exact) mass is 376 g/mol. The minimum atomic E-state index is 0.0705. The molecule has 7 nitrogen and oxygen atoms in total. The lowest BCUT2D eigenvalue weighted by Gasteiger charge is -2.37. The van der Waals surface area contributed by atoms with Crippen molar-refractivity contribution in [3.8, 4) is 17.1 Å². The van der Waals surface area contributed by atoms with Crippen LogP contribution in [0.2, 0.25) is 0 Å². The first-order valence-electron chi connectivity index (χ1n) is 8.70. The zero-order chi connectivity index (χ0) is 18.7. The molecule has 1 fully saturated rings. The maximum atomic E-state index is 12.7. The molecule has 1 amide bonds. The average molecular weight is 376 g/mol. The third-order valence-corrected chi connectivity index (χ3v) is 4.90. The van der Waals surface area contributed by atoms with E-state index in [2.05, 4.69) is 10.2 Å². The van der Waals surface area contributed by atoms with Crippen LogP contribution in [0.25, 0.3) is 11.4 Å². The predicted molar refractivity (Wildman–Crippen MR) is 101 cm³/mol. The van der Waals surface area contributed by atoms with Crippen LogP contribution in [0, 0.1) is 4.77 Å². The van der Waals surface area contributed by atoms with Crippen molar-refractivity contribution < 1.29 is 14.3 Å². The lowest BCUT2D eigenvalue weighted by molar-refractivity contribution is -0.143. The van der Waals surface area contributed by atoms with Crippen LogP contribution in [-0.2, 0) is 16.1 Å². The fourth-order valence-corrected chi connectivity index (χ4v) is 3.31. The van der Waals surface area contributed by atoms with E-state index in [0.29, 0.717) is 36.7 Å². The topological polar surface area (TPSA) is 72.4 Å². The summed E-state index contributed by atoms with van der Waals surface area (Å²) >= 11 is 5.35. The Morgan fingerprint density at radius 1 is 1.38 bits per heavy atom. The molecule has 1 aliphatic heterocycles. The third kappa shape index (κ3) is 3.96. The van der Waals surface area contributed by atoms with Crippen LogP contribution < -0.4 is 4.74 Å². The molecule has 0 aliphatic carbocycles. The average Bonchev–Trinajstić information content (AvgIpc) is 3.02. The zero-order valence-electron chi connectivity index (χ0n) is 15.3. The first-order valence-corrected chi connectivity index (χ1v) is 9.11. The van der Waals surface area contributed by atoms with Gasteiger partial charge in [-0.3, -0.25) is 14.5 Å². The number of carbonyl (C=O) groups excluding carboxylic acids is 1. The quantitative estimate of drug-likeness (QED) is 0.812. The molecule has 2 atom stereocenters. The fraction of sp³-hybridized carbons (Fsp3) is 0.500. The van der Waals surface area contributed by atoms with Gasteiger partial charge >= 0.3 is 0 Å². The van der Waals surface area contributed by atoms with E-state index in [1.807, 2.05) is 47.6 Å². The Morgan fingerprint density at radius 3 is 2.81 bits per heavy atom. The smallest absolute Gasteiger partial charge is 0.224 e. The van der Waals surface area contributed by atoms with Crippen molar-refractivity contribution in [2.75, 3.05) is 20.3 Å². The summed E-state index contributed by atoms with van der Waals surface area (Å²) in [6, 6.07) is 7.69. The predicted octanol–water partition coefficient (Wildman–Crippen LogP) is 2.64. The van der Waals surface area contributed by atoms with Crippen molar-refractivity contribution in [2.45, 2.75) is 39.0 Å². The Hall–Kier alpha value is -2.19. The summed E-state index contributed by atoms with van der Waals surface area (Å²) in [4.78, 5) is 14.6. The third-order valence-electron chi connectivity index (χ3n) is 4.58. The van der Waals surface area contributed by atoms with Crippen molar-refractivity contribution in [3.63, 3.8) is 0 Å². The van der Waals surface area contributed by atoms with Crippen molar-refractivity contribution >= 4 is 18.1 Å². The van der Waals surface area contributed by atoms with Crippen LogP contribution >= 0.6 is 12.2 Å². The van der Waals surface area contributed by atoms with Crippen molar-refractivity contribution in [2.24, 2.45) is 0 Å². The number of ether oxygens (including phenoxy) is 2. The van der Waals surface area contributed by atoms with Gasteiger partial charge in [-0.05, 0) is 50.3 Å². The van der Waals surface area contributed by atoms with Crippen LogP contribution in [0.1, 0.15) is 20.3 Å². The number of nitrogens with one attached hydrogen (secondary N) is 1. The molecule has 26 heavy (non-hydrogen) atoms. The Balaban J connectivity index is 1.73. The summed E-state index contributed by atoms with van der Waals surface area (Å²) in [5, 5.41) is 7.14. The molecule has 1 N–H and O–H groups in total. The van der Waals surface area contributed by atoms with Gasteiger partial charge in [0.2, 0.25) is 5.91 Å². The highest BCUT2D eigenvalue weighted by molar-refractivity contribution is 7.71. The number of benzene rings is 1. The summed E-state index contributed by atoms with van der Waals surface area (Å²) in [5.74, 6) is 1.60. The number of nitrogens with zero attached hydrogens (tertiary/aromatic N) is 3. The molecular weight excluding hydrogens is 352 g/mol. The molecule has 3 rings (SSSR count). The van der Waals surface area contributed by atoms with Crippen molar-refractivity contribution in [1.29, 1.82) is 0 Å². The standard InChI is InChI=1S/C18H24N4O3S/c1-12-11-25-13(2)10-22(12)16(23)8-9-21-17(19-20-18(21)26)14-4-6-15(24-3)7-5-14/h4-7,12-13H,8-11H2,1-3H3,(H,20,26). The van der Waals surface area contributed by atoms with Crippen molar-refractivity contribution in [1.82, 2.24) is 19.7 Å². The molecule has 1 aliphatic rings. The number of hydrogen-bond donors (Lipinski definition) is 1. The Bertz CT molecular complexity index is 815. The summed E-state index contributed by atoms with van der Waals surface area (Å²) in [5.41, 5.74) is 0.916. The molecule has 1 aromatic carbocycles. The van der Waals surface area contributed by atoms with Gasteiger partial charge in [0.1, 0.15) is 5.75 Å². The first-order chi connectivity index (χ1) is 12.5. The SMILES string of the molecule is COc1ccc(-c2n[nH]c(=S)n2CCC(=O)N2CC(C)OCC2C)cc1. The van der Waals surface area contributed by atoms with Gasteiger partial charge in [0.05, 0.1) is 25.9 Å². The minimum absolute atomic E-state index is 0.0705. The number of rotatable bonds is 5. The van der Waals surface area contributed by atoms with Crippen molar-refractivity contribution in [3.05, 3.63) is 29.0 Å². The maximum Gasteiger partial charge on any atom is 0.224 e. The number of aromatic nitrogens is 3. The highest BCUT2D eigenvalue weighted by Gasteiger charge is 2.27. The number of carbonyl (C=O) groups is 1. The second kappa shape index (κ2) is 8.01. The largest absolute Gasteiger partial charge is 0.497 e. The van der Waals surface area contributed by atoms with E-state index in [1.54, 1.807) is 7.11 Å². The fourth-order valence-electron chi connectivity index (χ4n) is 3.09. The van der Waals surface area contributed by atoms with Crippen LogP contribution in [0.3, 0.4) is 0 Å². The van der Waals surface area contributed by atoms with E-state index >= 15 is 0 Å². The van der Waals surface area contributed by atoms with E-state index < -0.39 is 0 Å². The highest BCUT2D eigenvalue weighted by Crippen LogP contribution is 2.21. The van der Waals surface area contributed by atoms with Gasteiger partial charge < -0.3 is 14.4 Å². The minimum Gasteiger partial charge on any atom is -0.497 e. The molecule has 1 aromatic heterocycles. The summed E-state index contributed by atoms with van der Waals surface area (Å²) in [6.45, 7) is 5.68. The molecule has 2 unspecified atom stereocenters. The number of amides is 1. The second-order valence-electron chi connectivity index (χ2n) is 6.52. The maximum absolute atomic E-state index is 12.7. The molecule has 8 heteroatoms.